The lowest BCUT2D eigenvalue weighted by atomic mass is 10.1. The van der Waals surface area contributed by atoms with Crippen LogP contribution in [-0.4, -0.2) is 64.4 Å². The van der Waals surface area contributed by atoms with Crippen LogP contribution in [0, 0.1) is 0 Å². The van der Waals surface area contributed by atoms with E-state index in [0.29, 0.717) is 6.04 Å². The Hall–Kier alpha value is -2.61. The second-order valence-electron chi connectivity index (χ2n) is 6.78. The van der Waals surface area contributed by atoms with E-state index in [-0.39, 0.29) is 0 Å². The monoisotopic (exact) mass is 339 g/mol. The Morgan fingerprint density at radius 2 is 2.24 bits per heavy atom. The first-order chi connectivity index (χ1) is 12.2. The van der Waals surface area contributed by atoms with Gasteiger partial charge in [0.05, 0.1) is 36.5 Å². The number of fused-ring (bicyclic) bond motifs is 3. The zero-order valence-electron chi connectivity index (χ0n) is 14.4. The van der Waals surface area contributed by atoms with E-state index in [0.717, 1.165) is 55.4 Å². The summed E-state index contributed by atoms with van der Waals surface area (Å²) >= 11 is 0. The predicted octanol–water partition coefficient (Wildman–Crippen LogP) is 1.36. The number of likely N-dealkylation sites (N-methyl/N-ethyl adjacent to an activating group) is 1. The SMILES string of the molecule is C[C@@H]1COCCN1c1nc2c(cnn2-c2cc[nH]n2)c2c1CCN2C. The molecule has 0 aliphatic carbocycles. The highest BCUT2D eigenvalue weighted by Crippen LogP contribution is 2.40. The average molecular weight is 339 g/mol. The fourth-order valence-corrected chi connectivity index (χ4v) is 3.93. The van der Waals surface area contributed by atoms with E-state index in [9.17, 15) is 0 Å². The van der Waals surface area contributed by atoms with Crippen molar-refractivity contribution in [3.8, 4) is 5.82 Å². The van der Waals surface area contributed by atoms with E-state index in [1.807, 2.05) is 16.9 Å². The van der Waals surface area contributed by atoms with Gasteiger partial charge in [-0.25, -0.2) is 4.98 Å². The summed E-state index contributed by atoms with van der Waals surface area (Å²) in [6.45, 7) is 5.55. The topological polar surface area (TPSA) is 75.1 Å². The van der Waals surface area contributed by atoms with Crippen LogP contribution in [-0.2, 0) is 11.2 Å². The molecule has 8 nitrogen and oxygen atoms in total. The molecule has 0 spiro atoms. The van der Waals surface area contributed by atoms with E-state index < -0.39 is 0 Å². The standard InChI is InChI=1S/C17H21N7O/c1-11-10-25-8-7-23(11)16-12-4-6-22(2)15(12)13-9-19-24(17(13)20-16)14-3-5-18-21-14/h3,5,9,11H,4,6-8,10H2,1-2H3,(H,18,21)/t11-/m1/s1. The van der Waals surface area contributed by atoms with E-state index in [1.54, 1.807) is 6.20 Å². The number of ether oxygens (including phenoxy) is 1. The lowest BCUT2D eigenvalue weighted by Gasteiger charge is -2.35. The summed E-state index contributed by atoms with van der Waals surface area (Å²) in [5, 5.41) is 12.8. The minimum atomic E-state index is 0.315. The maximum Gasteiger partial charge on any atom is 0.177 e. The van der Waals surface area contributed by atoms with E-state index in [4.69, 9.17) is 9.72 Å². The molecule has 8 heteroatoms. The molecule has 5 heterocycles. The Kier molecular flexibility index (Phi) is 3.21. The smallest absolute Gasteiger partial charge is 0.177 e. The highest BCUT2D eigenvalue weighted by Gasteiger charge is 2.31. The Morgan fingerprint density at radius 3 is 3.04 bits per heavy atom. The number of nitrogens with zero attached hydrogens (tertiary/aromatic N) is 6. The summed E-state index contributed by atoms with van der Waals surface area (Å²) < 4.78 is 7.43. The quantitative estimate of drug-likeness (QED) is 0.760. The molecule has 0 saturated carbocycles. The Balaban J connectivity index is 1.76. The van der Waals surface area contributed by atoms with Crippen LogP contribution in [0.1, 0.15) is 12.5 Å². The molecule has 1 atom stereocenters. The van der Waals surface area contributed by atoms with Crippen LogP contribution in [0.5, 0.6) is 0 Å². The van der Waals surface area contributed by atoms with Gasteiger partial charge in [0.2, 0.25) is 0 Å². The summed E-state index contributed by atoms with van der Waals surface area (Å²) in [7, 11) is 2.14. The minimum Gasteiger partial charge on any atom is -0.377 e. The Bertz CT molecular complexity index is 917. The van der Waals surface area contributed by atoms with Gasteiger partial charge in [-0.2, -0.15) is 14.9 Å². The molecule has 1 N–H and O–H groups in total. The van der Waals surface area contributed by atoms with E-state index >= 15 is 0 Å². The third-order valence-corrected chi connectivity index (χ3v) is 5.19. The zero-order valence-corrected chi connectivity index (χ0v) is 14.4. The fraction of sp³-hybridized carbons (Fsp3) is 0.471. The molecular formula is C17H21N7O. The zero-order chi connectivity index (χ0) is 17.0. The first-order valence-electron chi connectivity index (χ1n) is 8.70. The van der Waals surface area contributed by atoms with Crippen LogP contribution < -0.4 is 9.80 Å². The van der Waals surface area contributed by atoms with Crippen LogP contribution in [0.2, 0.25) is 0 Å². The van der Waals surface area contributed by atoms with Gasteiger partial charge < -0.3 is 14.5 Å². The number of aromatic nitrogens is 5. The highest BCUT2D eigenvalue weighted by atomic mass is 16.5. The molecule has 2 aliphatic rings. The maximum absolute atomic E-state index is 5.62. The Labute approximate surface area is 145 Å². The summed E-state index contributed by atoms with van der Waals surface area (Å²) in [5.41, 5.74) is 3.43. The molecule has 1 fully saturated rings. The number of hydrogen-bond donors (Lipinski definition) is 1. The molecule has 0 unspecified atom stereocenters. The normalized spacial score (nSPS) is 20.5. The molecule has 0 bridgehead atoms. The van der Waals surface area contributed by atoms with Gasteiger partial charge in [-0.1, -0.05) is 0 Å². The van der Waals surface area contributed by atoms with Crippen LogP contribution in [0.4, 0.5) is 11.5 Å². The average Bonchev–Trinajstić information content (AvgIpc) is 3.33. The van der Waals surface area contributed by atoms with Crippen LogP contribution in [0.25, 0.3) is 16.9 Å². The van der Waals surface area contributed by atoms with E-state index in [2.05, 4.69) is 39.1 Å². The van der Waals surface area contributed by atoms with Gasteiger partial charge in [-0.15, -0.1) is 0 Å². The second kappa shape index (κ2) is 5.45. The lowest BCUT2D eigenvalue weighted by Crippen LogP contribution is -2.44. The Morgan fingerprint density at radius 1 is 1.32 bits per heavy atom. The van der Waals surface area contributed by atoms with Crippen molar-refractivity contribution in [1.82, 2.24) is 25.0 Å². The molecule has 0 amide bonds. The number of H-pyrrole nitrogens is 1. The van der Waals surface area contributed by atoms with Crippen molar-refractivity contribution in [2.75, 3.05) is 43.2 Å². The lowest BCUT2D eigenvalue weighted by molar-refractivity contribution is 0.0985. The van der Waals surface area contributed by atoms with Gasteiger partial charge in [-0.3, -0.25) is 5.10 Å². The van der Waals surface area contributed by atoms with Crippen molar-refractivity contribution in [2.45, 2.75) is 19.4 Å². The van der Waals surface area contributed by atoms with Crippen molar-refractivity contribution >= 4 is 22.5 Å². The van der Waals surface area contributed by atoms with Crippen LogP contribution >= 0.6 is 0 Å². The molecule has 2 aliphatic heterocycles. The molecule has 25 heavy (non-hydrogen) atoms. The van der Waals surface area contributed by atoms with Crippen molar-refractivity contribution in [1.29, 1.82) is 0 Å². The molecule has 130 valence electrons. The van der Waals surface area contributed by atoms with Gasteiger partial charge >= 0.3 is 0 Å². The first-order valence-corrected chi connectivity index (χ1v) is 8.70. The van der Waals surface area contributed by atoms with Crippen molar-refractivity contribution in [3.63, 3.8) is 0 Å². The molecule has 3 aromatic heterocycles. The third kappa shape index (κ3) is 2.13. The van der Waals surface area contributed by atoms with Crippen molar-refractivity contribution in [3.05, 3.63) is 24.0 Å². The summed E-state index contributed by atoms with van der Waals surface area (Å²) in [4.78, 5) is 9.75. The largest absolute Gasteiger partial charge is 0.377 e. The molecule has 1 saturated heterocycles. The van der Waals surface area contributed by atoms with E-state index in [1.165, 1.54) is 11.3 Å². The summed E-state index contributed by atoms with van der Waals surface area (Å²) in [6.07, 6.45) is 4.72. The maximum atomic E-state index is 5.62. The number of hydrogen-bond acceptors (Lipinski definition) is 6. The number of rotatable bonds is 2. The summed E-state index contributed by atoms with van der Waals surface area (Å²) in [5.74, 6) is 1.82. The summed E-state index contributed by atoms with van der Waals surface area (Å²) in [6, 6.07) is 2.22. The van der Waals surface area contributed by atoms with Gasteiger partial charge in [0, 0.05) is 38.0 Å². The number of aromatic amines is 1. The molecular weight excluding hydrogens is 318 g/mol. The molecule has 0 aromatic carbocycles. The first kappa shape index (κ1) is 14.7. The number of nitrogens with one attached hydrogen (secondary N) is 1. The van der Waals surface area contributed by atoms with Crippen LogP contribution in [0.3, 0.4) is 0 Å². The number of anilines is 2. The van der Waals surface area contributed by atoms with Crippen molar-refractivity contribution < 1.29 is 4.74 Å². The molecule has 0 radical (unpaired) electrons. The minimum absolute atomic E-state index is 0.315. The third-order valence-electron chi connectivity index (χ3n) is 5.19. The number of pyridine rings is 1. The highest BCUT2D eigenvalue weighted by molar-refractivity contribution is 5.96. The predicted molar refractivity (Wildman–Crippen MR) is 95.6 cm³/mol. The van der Waals surface area contributed by atoms with Gasteiger partial charge in [0.15, 0.2) is 11.5 Å². The fourth-order valence-electron chi connectivity index (χ4n) is 3.93. The van der Waals surface area contributed by atoms with Gasteiger partial charge in [0.25, 0.3) is 0 Å². The van der Waals surface area contributed by atoms with Crippen LogP contribution in [0.15, 0.2) is 18.5 Å². The van der Waals surface area contributed by atoms with Crippen molar-refractivity contribution in [2.24, 2.45) is 0 Å². The second-order valence-corrected chi connectivity index (χ2v) is 6.78. The van der Waals surface area contributed by atoms with Gasteiger partial charge in [0.1, 0.15) is 5.82 Å². The van der Waals surface area contributed by atoms with Gasteiger partial charge in [-0.05, 0) is 13.3 Å². The molecule has 3 aromatic rings. The number of morpholine rings is 1. The molecule has 5 rings (SSSR count).